The Morgan fingerprint density at radius 3 is 2.45 bits per heavy atom. The predicted molar refractivity (Wildman–Crippen MR) is 88.3 cm³/mol. The second kappa shape index (κ2) is 6.95. The van der Waals surface area contributed by atoms with Crippen LogP contribution in [0, 0.1) is 24.7 Å². The maximum absolute atomic E-state index is 6.33. The minimum absolute atomic E-state index is 0.448. The van der Waals surface area contributed by atoms with Crippen molar-refractivity contribution >= 4 is 11.6 Å². The van der Waals surface area contributed by atoms with Crippen LogP contribution in [0.2, 0.25) is 5.02 Å². The summed E-state index contributed by atoms with van der Waals surface area (Å²) in [6.07, 6.45) is 4.03. The van der Waals surface area contributed by atoms with Crippen LogP contribution in [0.3, 0.4) is 0 Å². The lowest BCUT2D eigenvalue weighted by Crippen LogP contribution is -2.33. The molecular weight excluding hydrogens is 266 g/mol. The Kier molecular flexibility index (Phi) is 5.51. The molecule has 112 valence electrons. The molecule has 2 rings (SSSR count). The van der Waals surface area contributed by atoms with E-state index in [4.69, 9.17) is 11.6 Å². The van der Waals surface area contributed by atoms with Crippen molar-refractivity contribution in [3.8, 4) is 0 Å². The molecule has 1 aromatic carbocycles. The van der Waals surface area contributed by atoms with Gasteiger partial charge in [-0.25, -0.2) is 0 Å². The highest BCUT2D eigenvalue weighted by molar-refractivity contribution is 6.31. The maximum atomic E-state index is 6.33. The topological polar surface area (TPSA) is 12.0 Å². The first-order valence-corrected chi connectivity index (χ1v) is 8.39. The van der Waals surface area contributed by atoms with E-state index >= 15 is 0 Å². The van der Waals surface area contributed by atoms with Crippen LogP contribution < -0.4 is 5.32 Å². The monoisotopic (exact) mass is 293 g/mol. The molecule has 1 aromatic rings. The quantitative estimate of drug-likeness (QED) is 0.787. The highest BCUT2D eigenvalue weighted by Gasteiger charge is 2.31. The fourth-order valence-electron chi connectivity index (χ4n) is 3.99. The molecule has 3 unspecified atom stereocenters. The zero-order chi connectivity index (χ0) is 14.7. The number of benzene rings is 1. The third kappa shape index (κ3) is 3.56. The molecule has 20 heavy (non-hydrogen) atoms. The van der Waals surface area contributed by atoms with Gasteiger partial charge in [-0.1, -0.05) is 44.5 Å². The summed E-state index contributed by atoms with van der Waals surface area (Å²) < 4.78 is 0. The number of hydrogen-bond acceptors (Lipinski definition) is 1. The molecule has 1 fully saturated rings. The lowest BCUT2D eigenvalue weighted by Gasteiger charge is -2.37. The van der Waals surface area contributed by atoms with E-state index < -0.39 is 0 Å². The van der Waals surface area contributed by atoms with Crippen molar-refractivity contribution in [1.29, 1.82) is 0 Å². The molecule has 3 atom stereocenters. The second-order valence-electron chi connectivity index (χ2n) is 6.67. The van der Waals surface area contributed by atoms with Crippen molar-refractivity contribution in [1.82, 2.24) is 5.32 Å². The summed E-state index contributed by atoms with van der Waals surface area (Å²) in [6, 6.07) is 6.78. The van der Waals surface area contributed by atoms with Gasteiger partial charge in [0.05, 0.1) is 0 Å². The van der Waals surface area contributed by atoms with Crippen LogP contribution in [0.4, 0.5) is 0 Å². The van der Waals surface area contributed by atoms with E-state index in [1.165, 1.54) is 30.4 Å². The standard InChI is InChI=1S/C18H28ClN/c1-5-20-18(15-10-12(2)9-13(3)11-15)16-7-6-8-17(19)14(16)4/h6-8,12-13,15,18,20H,5,9-11H2,1-4H3. The van der Waals surface area contributed by atoms with E-state index in [1.807, 2.05) is 6.07 Å². The van der Waals surface area contributed by atoms with Crippen LogP contribution in [0.1, 0.15) is 57.2 Å². The van der Waals surface area contributed by atoms with Gasteiger partial charge in [0.1, 0.15) is 0 Å². The second-order valence-corrected chi connectivity index (χ2v) is 7.07. The molecule has 1 aliphatic rings. The largest absolute Gasteiger partial charge is 0.310 e. The van der Waals surface area contributed by atoms with Crippen LogP contribution >= 0.6 is 11.6 Å². The summed E-state index contributed by atoms with van der Waals surface area (Å²) in [7, 11) is 0. The van der Waals surface area contributed by atoms with E-state index in [9.17, 15) is 0 Å². The molecule has 0 heterocycles. The molecular formula is C18H28ClN. The van der Waals surface area contributed by atoms with Crippen molar-refractivity contribution in [3.63, 3.8) is 0 Å². The smallest absolute Gasteiger partial charge is 0.0438 e. The van der Waals surface area contributed by atoms with E-state index in [0.29, 0.717) is 6.04 Å². The van der Waals surface area contributed by atoms with Crippen LogP contribution in [0.25, 0.3) is 0 Å². The Bertz CT molecular complexity index is 433. The van der Waals surface area contributed by atoms with Crippen LogP contribution in [-0.2, 0) is 0 Å². The Morgan fingerprint density at radius 2 is 1.85 bits per heavy atom. The van der Waals surface area contributed by atoms with Crippen LogP contribution in [0.15, 0.2) is 18.2 Å². The van der Waals surface area contributed by atoms with Gasteiger partial charge in [0.25, 0.3) is 0 Å². The Morgan fingerprint density at radius 1 is 1.20 bits per heavy atom. The van der Waals surface area contributed by atoms with E-state index in [-0.39, 0.29) is 0 Å². The van der Waals surface area contributed by atoms with Gasteiger partial charge in [-0.15, -0.1) is 0 Å². The summed E-state index contributed by atoms with van der Waals surface area (Å²) >= 11 is 6.33. The summed E-state index contributed by atoms with van der Waals surface area (Å²) in [6.45, 7) is 10.2. The lowest BCUT2D eigenvalue weighted by molar-refractivity contribution is 0.177. The fourth-order valence-corrected chi connectivity index (χ4v) is 4.17. The highest BCUT2D eigenvalue weighted by atomic mass is 35.5. The first-order chi connectivity index (χ1) is 9.52. The minimum atomic E-state index is 0.448. The summed E-state index contributed by atoms with van der Waals surface area (Å²) in [5.41, 5.74) is 2.64. The average Bonchev–Trinajstić information content (AvgIpc) is 2.38. The Hall–Kier alpha value is -0.530. The Balaban J connectivity index is 2.28. The van der Waals surface area contributed by atoms with E-state index in [0.717, 1.165) is 29.3 Å². The Labute approximate surface area is 129 Å². The number of hydrogen-bond donors (Lipinski definition) is 1. The predicted octanol–water partition coefficient (Wildman–Crippen LogP) is 5.37. The van der Waals surface area contributed by atoms with Crippen LogP contribution in [-0.4, -0.2) is 6.54 Å². The van der Waals surface area contributed by atoms with Crippen molar-refractivity contribution in [2.45, 2.75) is 53.0 Å². The van der Waals surface area contributed by atoms with Gasteiger partial charge >= 0.3 is 0 Å². The van der Waals surface area contributed by atoms with Crippen LogP contribution in [0.5, 0.6) is 0 Å². The normalized spacial score (nSPS) is 28.4. The first kappa shape index (κ1) is 15.9. The molecule has 0 spiro atoms. The molecule has 1 nitrogen and oxygen atoms in total. The molecule has 1 N–H and O–H groups in total. The lowest BCUT2D eigenvalue weighted by atomic mass is 9.72. The zero-order valence-electron chi connectivity index (χ0n) is 13.2. The van der Waals surface area contributed by atoms with Crippen molar-refractivity contribution in [2.24, 2.45) is 17.8 Å². The fraction of sp³-hybridized carbons (Fsp3) is 0.667. The summed E-state index contributed by atoms with van der Waals surface area (Å²) in [5, 5.41) is 4.61. The number of rotatable bonds is 4. The SMILES string of the molecule is CCNC(c1cccc(Cl)c1C)C1CC(C)CC(C)C1. The van der Waals surface area contributed by atoms with E-state index in [1.54, 1.807) is 0 Å². The molecule has 2 heteroatoms. The molecule has 0 radical (unpaired) electrons. The van der Waals surface area contributed by atoms with Gasteiger partial charge in [-0.2, -0.15) is 0 Å². The van der Waals surface area contributed by atoms with Crippen molar-refractivity contribution < 1.29 is 0 Å². The van der Waals surface area contributed by atoms with Gasteiger partial charge in [0, 0.05) is 11.1 Å². The summed E-state index contributed by atoms with van der Waals surface area (Å²) in [4.78, 5) is 0. The molecule has 0 aliphatic heterocycles. The minimum Gasteiger partial charge on any atom is -0.310 e. The third-order valence-corrected chi connectivity index (χ3v) is 5.16. The van der Waals surface area contributed by atoms with Crippen molar-refractivity contribution in [2.75, 3.05) is 6.54 Å². The van der Waals surface area contributed by atoms with E-state index in [2.05, 4.69) is 45.1 Å². The van der Waals surface area contributed by atoms with Gasteiger partial charge in [0.2, 0.25) is 0 Å². The summed E-state index contributed by atoms with van der Waals surface area (Å²) in [5.74, 6) is 2.40. The first-order valence-electron chi connectivity index (χ1n) is 8.01. The number of nitrogens with one attached hydrogen (secondary N) is 1. The maximum Gasteiger partial charge on any atom is 0.0438 e. The third-order valence-electron chi connectivity index (χ3n) is 4.76. The molecule has 1 aliphatic carbocycles. The highest BCUT2D eigenvalue weighted by Crippen LogP contribution is 2.41. The van der Waals surface area contributed by atoms with Gasteiger partial charge in [0.15, 0.2) is 0 Å². The van der Waals surface area contributed by atoms with Gasteiger partial charge in [-0.05, 0) is 67.7 Å². The molecule has 0 aromatic heterocycles. The molecule has 1 saturated carbocycles. The molecule has 0 saturated heterocycles. The molecule has 0 amide bonds. The van der Waals surface area contributed by atoms with Crippen molar-refractivity contribution in [3.05, 3.63) is 34.3 Å². The zero-order valence-corrected chi connectivity index (χ0v) is 14.0. The van der Waals surface area contributed by atoms with Gasteiger partial charge in [-0.3, -0.25) is 0 Å². The average molecular weight is 294 g/mol. The molecule has 0 bridgehead atoms. The number of halogens is 1. The van der Waals surface area contributed by atoms with Gasteiger partial charge < -0.3 is 5.32 Å².